The van der Waals surface area contributed by atoms with E-state index in [4.69, 9.17) is 11.5 Å². The maximum absolute atomic E-state index is 12.4. The summed E-state index contributed by atoms with van der Waals surface area (Å²) in [5.41, 5.74) is 12.8. The van der Waals surface area contributed by atoms with E-state index in [9.17, 15) is 9.59 Å². The highest BCUT2D eigenvalue weighted by Crippen LogP contribution is 2.28. The van der Waals surface area contributed by atoms with E-state index in [1.807, 2.05) is 24.3 Å². The number of benzene rings is 1. The maximum atomic E-state index is 12.4. The molecule has 1 aromatic carbocycles. The minimum atomic E-state index is -0.712. The van der Waals surface area contributed by atoms with Crippen LogP contribution in [0.25, 0.3) is 0 Å². The van der Waals surface area contributed by atoms with Crippen LogP contribution in [0.15, 0.2) is 24.3 Å². The molecule has 27 heavy (non-hydrogen) atoms. The van der Waals surface area contributed by atoms with Crippen LogP contribution in [0.4, 0.5) is 5.69 Å². The molecule has 1 atom stereocenters. The fraction of sp³-hybridized carbons (Fsp3) is 0.579. The first kappa shape index (κ1) is 23.7. The van der Waals surface area contributed by atoms with Gasteiger partial charge in [0.1, 0.15) is 0 Å². The van der Waals surface area contributed by atoms with E-state index < -0.39 is 5.54 Å². The van der Waals surface area contributed by atoms with E-state index in [2.05, 4.69) is 10.2 Å². The van der Waals surface area contributed by atoms with Gasteiger partial charge in [-0.1, -0.05) is 25.0 Å². The SMILES string of the molecule is Cl.Cl.NC(=O)C1CCCN(Cc2ccc(NC(=O)C3(N)CCCC3)cc2)C1. The van der Waals surface area contributed by atoms with Gasteiger partial charge in [-0.2, -0.15) is 0 Å². The topological polar surface area (TPSA) is 101 Å². The molecule has 2 aliphatic rings. The lowest BCUT2D eigenvalue weighted by atomic mass is 9.97. The van der Waals surface area contributed by atoms with E-state index >= 15 is 0 Å². The average Bonchev–Trinajstić information content (AvgIpc) is 3.05. The number of nitrogens with two attached hydrogens (primary N) is 2. The summed E-state index contributed by atoms with van der Waals surface area (Å²) < 4.78 is 0. The summed E-state index contributed by atoms with van der Waals surface area (Å²) in [5, 5.41) is 2.94. The van der Waals surface area contributed by atoms with Gasteiger partial charge in [0.05, 0.1) is 11.5 Å². The quantitative estimate of drug-likeness (QED) is 0.685. The second-order valence-corrected chi connectivity index (χ2v) is 7.49. The number of hydrogen-bond donors (Lipinski definition) is 3. The number of anilines is 1. The molecule has 1 heterocycles. The van der Waals surface area contributed by atoms with Crippen LogP contribution in [-0.4, -0.2) is 35.3 Å². The number of halogens is 2. The van der Waals surface area contributed by atoms with Crippen molar-refractivity contribution in [3.8, 4) is 0 Å². The minimum Gasteiger partial charge on any atom is -0.369 e. The van der Waals surface area contributed by atoms with Crippen molar-refractivity contribution in [1.82, 2.24) is 4.90 Å². The van der Waals surface area contributed by atoms with Crippen molar-refractivity contribution < 1.29 is 9.59 Å². The Hall–Kier alpha value is -1.34. The Balaban J connectivity index is 0.00000182. The van der Waals surface area contributed by atoms with Crippen molar-refractivity contribution in [3.05, 3.63) is 29.8 Å². The first-order valence-corrected chi connectivity index (χ1v) is 9.17. The zero-order valence-electron chi connectivity index (χ0n) is 15.5. The summed E-state index contributed by atoms with van der Waals surface area (Å²) in [6.07, 6.45) is 5.44. The van der Waals surface area contributed by atoms with Crippen LogP contribution in [0.1, 0.15) is 44.1 Å². The first-order valence-electron chi connectivity index (χ1n) is 9.17. The highest BCUT2D eigenvalue weighted by atomic mass is 35.5. The number of nitrogens with one attached hydrogen (secondary N) is 1. The van der Waals surface area contributed by atoms with E-state index in [0.717, 1.165) is 69.4 Å². The standard InChI is InChI=1S/C19H28N4O2.2ClH/c20-17(24)15-4-3-11-23(13-15)12-14-5-7-16(8-6-14)22-18(25)19(21)9-1-2-10-19;;/h5-8,15H,1-4,9-13,21H2,(H2,20,24)(H,22,25);2*1H. The van der Waals surface area contributed by atoms with Gasteiger partial charge in [0, 0.05) is 18.8 Å². The van der Waals surface area contributed by atoms with Gasteiger partial charge in [0.2, 0.25) is 11.8 Å². The second kappa shape index (κ2) is 10.3. The fourth-order valence-corrected chi connectivity index (χ4v) is 3.87. The number of amides is 2. The van der Waals surface area contributed by atoms with Gasteiger partial charge in [0.25, 0.3) is 0 Å². The molecule has 3 rings (SSSR count). The normalized spacial score (nSPS) is 21.6. The third kappa shape index (κ3) is 6.07. The molecule has 1 aliphatic heterocycles. The molecule has 1 unspecified atom stereocenters. The molecule has 2 fully saturated rings. The minimum absolute atomic E-state index is 0. The first-order chi connectivity index (χ1) is 12.0. The molecule has 1 saturated carbocycles. The highest BCUT2D eigenvalue weighted by Gasteiger charge is 2.36. The summed E-state index contributed by atoms with van der Waals surface area (Å²) in [5.74, 6) is -0.331. The monoisotopic (exact) mass is 416 g/mol. The second-order valence-electron chi connectivity index (χ2n) is 7.49. The zero-order valence-corrected chi connectivity index (χ0v) is 17.1. The molecule has 5 N–H and O–H groups in total. The van der Waals surface area contributed by atoms with Crippen LogP contribution in [0.5, 0.6) is 0 Å². The summed E-state index contributed by atoms with van der Waals surface area (Å²) in [6, 6.07) is 7.87. The molecule has 0 bridgehead atoms. The fourth-order valence-electron chi connectivity index (χ4n) is 3.87. The number of carbonyl (C=O) groups is 2. The maximum Gasteiger partial charge on any atom is 0.244 e. The van der Waals surface area contributed by atoms with E-state index in [1.54, 1.807) is 0 Å². The summed E-state index contributed by atoms with van der Waals surface area (Å²) in [6.45, 7) is 2.50. The van der Waals surface area contributed by atoms with Gasteiger partial charge < -0.3 is 16.8 Å². The number of nitrogens with zero attached hydrogens (tertiary/aromatic N) is 1. The average molecular weight is 417 g/mol. The number of likely N-dealkylation sites (tertiary alicyclic amines) is 1. The van der Waals surface area contributed by atoms with Crippen molar-refractivity contribution in [1.29, 1.82) is 0 Å². The molecular formula is C19H30Cl2N4O2. The Morgan fingerprint density at radius 2 is 1.74 bits per heavy atom. The van der Waals surface area contributed by atoms with Crippen molar-refractivity contribution >= 4 is 42.3 Å². The number of primary amides is 1. The molecule has 1 aromatic rings. The lowest BCUT2D eigenvalue weighted by Gasteiger charge is -2.31. The predicted molar refractivity (Wildman–Crippen MR) is 112 cm³/mol. The van der Waals surface area contributed by atoms with Crippen LogP contribution >= 0.6 is 24.8 Å². The van der Waals surface area contributed by atoms with Crippen molar-refractivity contribution in [3.63, 3.8) is 0 Å². The van der Waals surface area contributed by atoms with E-state index in [1.165, 1.54) is 0 Å². The van der Waals surface area contributed by atoms with Crippen LogP contribution in [0, 0.1) is 5.92 Å². The van der Waals surface area contributed by atoms with E-state index in [0.29, 0.717) is 0 Å². The Morgan fingerprint density at radius 3 is 2.33 bits per heavy atom. The molecule has 8 heteroatoms. The molecule has 6 nitrogen and oxygen atoms in total. The molecule has 2 amide bonds. The highest BCUT2D eigenvalue weighted by molar-refractivity contribution is 5.98. The molecule has 1 aliphatic carbocycles. The van der Waals surface area contributed by atoms with Crippen LogP contribution in [-0.2, 0) is 16.1 Å². The Bertz CT molecular complexity index is 633. The van der Waals surface area contributed by atoms with Crippen LogP contribution in [0.3, 0.4) is 0 Å². The number of rotatable bonds is 5. The van der Waals surface area contributed by atoms with Gasteiger partial charge in [-0.05, 0) is 49.9 Å². The van der Waals surface area contributed by atoms with Gasteiger partial charge in [-0.25, -0.2) is 0 Å². The summed E-state index contributed by atoms with van der Waals surface area (Å²) in [7, 11) is 0. The van der Waals surface area contributed by atoms with Crippen LogP contribution < -0.4 is 16.8 Å². The van der Waals surface area contributed by atoms with E-state index in [-0.39, 0.29) is 42.5 Å². The molecule has 152 valence electrons. The lowest BCUT2D eigenvalue weighted by molar-refractivity contribution is -0.123. The summed E-state index contributed by atoms with van der Waals surface area (Å²) in [4.78, 5) is 26.0. The lowest BCUT2D eigenvalue weighted by Crippen LogP contribution is -2.48. The summed E-state index contributed by atoms with van der Waals surface area (Å²) >= 11 is 0. The van der Waals surface area contributed by atoms with Crippen LogP contribution in [0.2, 0.25) is 0 Å². The third-order valence-corrected chi connectivity index (χ3v) is 5.47. The third-order valence-electron chi connectivity index (χ3n) is 5.47. The Labute approximate surface area is 173 Å². The number of piperidine rings is 1. The number of carbonyl (C=O) groups excluding carboxylic acids is 2. The van der Waals surface area contributed by atoms with Gasteiger partial charge in [-0.15, -0.1) is 24.8 Å². The molecule has 0 spiro atoms. The molecule has 1 saturated heterocycles. The Morgan fingerprint density at radius 1 is 1.11 bits per heavy atom. The number of hydrogen-bond acceptors (Lipinski definition) is 4. The largest absolute Gasteiger partial charge is 0.369 e. The smallest absolute Gasteiger partial charge is 0.244 e. The predicted octanol–water partition coefficient (Wildman–Crippen LogP) is 2.44. The van der Waals surface area contributed by atoms with Crippen molar-refractivity contribution in [2.45, 2.75) is 50.6 Å². The zero-order chi connectivity index (χ0) is 17.9. The van der Waals surface area contributed by atoms with Gasteiger partial charge >= 0.3 is 0 Å². The van der Waals surface area contributed by atoms with Gasteiger partial charge in [0.15, 0.2) is 0 Å². The molecule has 0 aromatic heterocycles. The Kier molecular flexibility index (Phi) is 9.02. The molecule has 0 radical (unpaired) electrons. The van der Waals surface area contributed by atoms with Gasteiger partial charge in [-0.3, -0.25) is 14.5 Å². The van der Waals surface area contributed by atoms with Crippen molar-refractivity contribution in [2.24, 2.45) is 17.4 Å². The molecular weight excluding hydrogens is 387 g/mol. The van der Waals surface area contributed by atoms with Crippen molar-refractivity contribution in [2.75, 3.05) is 18.4 Å².